The van der Waals surface area contributed by atoms with Gasteiger partial charge in [-0.1, -0.05) is 110 Å². The van der Waals surface area contributed by atoms with Gasteiger partial charge in [-0.2, -0.15) is 0 Å². The molecule has 77 heavy (non-hydrogen) atoms. The molecular formula is C57H79Cl4N7O8S. The molecule has 20 heteroatoms. The molecule has 15 nitrogen and oxygen atoms in total. The lowest BCUT2D eigenvalue weighted by molar-refractivity contribution is -0.117. The molecule has 0 saturated carbocycles. The molecule has 0 bridgehead atoms. The van der Waals surface area contributed by atoms with E-state index in [0.717, 1.165) is 65.7 Å². The number of hydrogen-bond donors (Lipinski definition) is 6. The molecule has 6 N–H and O–H groups in total. The van der Waals surface area contributed by atoms with Gasteiger partial charge in [0.1, 0.15) is 11.0 Å². The van der Waals surface area contributed by atoms with Crippen molar-refractivity contribution in [3.63, 3.8) is 0 Å². The van der Waals surface area contributed by atoms with Crippen molar-refractivity contribution in [3.05, 3.63) is 132 Å². The lowest BCUT2D eigenvalue weighted by Crippen LogP contribution is -2.39. The summed E-state index contributed by atoms with van der Waals surface area (Å²) in [7, 11) is 0.643. The molecule has 0 spiro atoms. The molecule has 4 aromatic rings. The van der Waals surface area contributed by atoms with Gasteiger partial charge in [0.25, 0.3) is 0 Å². The van der Waals surface area contributed by atoms with E-state index in [1.165, 1.54) is 5.56 Å². The van der Waals surface area contributed by atoms with Gasteiger partial charge in [0, 0.05) is 90.7 Å². The maximum Gasteiger partial charge on any atom is 0.314 e. The maximum absolute atomic E-state index is 13.1. The summed E-state index contributed by atoms with van der Waals surface area (Å²) in [5.74, 6) is 0.782. The van der Waals surface area contributed by atoms with Crippen molar-refractivity contribution in [3.8, 4) is 0 Å². The highest BCUT2D eigenvalue weighted by atomic mass is 35.5. The molecule has 0 radical (unpaired) electrons. The molecule has 1 heterocycles. The molecule has 1 aliphatic rings. The fraction of sp³-hybridized carbons (Fsp3) is 0.526. The molecule has 5 rings (SSSR count). The van der Waals surface area contributed by atoms with Gasteiger partial charge in [-0.05, 0) is 114 Å². The zero-order chi connectivity index (χ0) is 55.4. The summed E-state index contributed by atoms with van der Waals surface area (Å²) in [4.78, 5) is 40.1. The number of ether oxygens (including phenoxy) is 4. The molecule has 0 saturated heterocycles. The van der Waals surface area contributed by atoms with Crippen molar-refractivity contribution in [2.45, 2.75) is 82.6 Å². The van der Waals surface area contributed by atoms with Crippen LogP contribution in [0, 0.1) is 5.92 Å². The molecule has 424 valence electrons. The van der Waals surface area contributed by atoms with Crippen LogP contribution in [-0.4, -0.2) is 139 Å². The highest BCUT2D eigenvalue weighted by Crippen LogP contribution is 2.40. The number of likely N-dealkylation sites (N-methyl/N-ethyl adjacent to an activating group) is 1. The molecule has 1 aliphatic heterocycles. The van der Waals surface area contributed by atoms with Gasteiger partial charge in [0.05, 0.1) is 64.3 Å². The Hall–Kier alpha value is -3.88. The average molecular weight is 1160 g/mol. The number of ketones is 1. The van der Waals surface area contributed by atoms with Crippen molar-refractivity contribution in [2.75, 3.05) is 112 Å². The van der Waals surface area contributed by atoms with Gasteiger partial charge in [-0.3, -0.25) is 4.79 Å². The normalized spacial score (nSPS) is 14.6. The fourth-order valence-electron chi connectivity index (χ4n) is 9.06. The number of carbonyl (C=O) groups is 3. The van der Waals surface area contributed by atoms with Crippen LogP contribution in [0.25, 0.3) is 0 Å². The quantitative estimate of drug-likeness (QED) is 0.0240. The molecule has 0 fully saturated rings. The van der Waals surface area contributed by atoms with E-state index in [9.17, 15) is 18.6 Å². The number of carbonyl (C=O) groups excluding carboxylic acids is 3. The third kappa shape index (κ3) is 23.0. The number of halogens is 4. The van der Waals surface area contributed by atoms with E-state index in [1.807, 2.05) is 54.6 Å². The Morgan fingerprint density at radius 1 is 0.701 bits per heavy atom. The van der Waals surface area contributed by atoms with Crippen LogP contribution in [0.3, 0.4) is 0 Å². The minimum absolute atomic E-state index is 0.0545. The molecule has 4 aromatic carbocycles. The summed E-state index contributed by atoms with van der Waals surface area (Å²) in [6.07, 6.45) is 4.56. The Bertz CT molecular complexity index is 2490. The van der Waals surface area contributed by atoms with Crippen LogP contribution >= 0.6 is 46.4 Å². The number of Topliss-reactive ketones (excluding diaryl/α,β-unsaturated/α-hetero) is 1. The number of urea groups is 2. The largest absolute Gasteiger partial charge is 0.378 e. The first kappa shape index (κ1) is 63.9. The van der Waals surface area contributed by atoms with Crippen molar-refractivity contribution < 1.29 is 37.5 Å². The first-order chi connectivity index (χ1) is 37.3. The fourth-order valence-corrected chi connectivity index (χ4v) is 11.2. The minimum Gasteiger partial charge on any atom is -0.378 e. The number of unbranched alkanes of at least 4 members (excludes halogenated alkanes) is 1. The molecule has 4 atom stereocenters. The lowest BCUT2D eigenvalue weighted by Gasteiger charge is -2.33. The first-order valence-electron chi connectivity index (χ1n) is 26.8. The van der Waals surface area contributed by atoms with Crippen LogP contribution in [-0.2, 0) is 54.1 Å². The van der Waals surface area contributed by atoms with Gasteiger partial charge >= 0.3 is 12.1 Å². The van der Waals surface area contributed by atoms with Crippen LogP contribution in [0.4, 0.5) is 9.59 Å². The smallest absolute Gasteiger partial charge is 0.314 e. The summed E-state index contributed by atoms with van der Waals surface area (Å²) < 4.78 is 38.5. The van der Waals surface area contributed by atoms with Crippen LogP contribution in [0.2, 0.25) is 20.1 Å². The molecule has 3 unspecified atom stereocenters. The zero-order valence-corrected chi connectivity index (χ0v) is 48.9. The third-order valence-corrected chi connectivity index (χ3v) is 15.4. The second-order valence-corrected chi connectivity index (χ2v) is 22.2. The predicted molar refractivity (Wildman–Crippen MR) is 311 cm³/mol. The average Bonchev–Trinajstić information content (AvgIpc) is 3.42. The number of nitrogens with one attached hydrogen (secondary N) is 6. The number of fused-ring (bicyclic) bond motifs is 1. The highest BCUT2D eigenvalue weighted by molar-refractivity contribution is 7.83. The summed E-state index contributed by atoms with van der Waals surface area (Å²) in [5.41, 5.74) is 7.64. The van der Waals surface area contributed by atoms with E-state index in [0.29, 0.717) is 142 Å². The van der Waals surface area contributed by atoms with Gasteiger partial charge in [-0.15, -0.1) is 0 Å². The predicted octanol–water partition coefficient (Wildman–Crippen LogP) is 9.47. The lowest BCUT2D eigenvalue weighted by atomic mass is 9.80. The summed E-state index contributed by atoms with van der Waals surface area (Å²) in [6.45, 7) is 13.9. The van der Waals surface area contributed by atoms with Crippen molar-refractivity contribution >= 4 is 75.2 Å². The van der Waals surface area contributed by atoms with Crippen molar-refractivity contribution in [1.82, 2.24) is 36.2 Å². The summed E-state index contributed by atoms with van der Waals surface area (Å²) >= 11 is 26.1. The molecule has 0 aromatic heterocycles. The Morgan fingerprint density at radius 3 is 1.95 bits per heavy atom. The Labute approximate surface area is 478 Å². The molecule has 0 aliphatic carbocycles. The van der Waals surface area contributed by atoms with Gasteiger partial charge in [0.2, 0.25) is 0 Å². The van der Waals surface area contributed by atoms with Crippen molar-refractivity contribution in [2.24, 2.45) is 5.92 Å². The van der Waals surface area contributed by atoms with Gasteiger partial charge in [0.15, 0.2) is 5.78 Å². The minimum atomic E-state index is -1.42. The van der Waals surface area contributed by atoms with E-state index in [2.05, 4.69) is 76.2 Å². The number of hydrogen-bond acceptors (Lipinski definition) is 10. The second-order valence-electron chi connectivity index (χ2n) is 19.2. The number of benzene rings is 4. The maximum atomic E-state index is 13.1. The Balaban J connectivity index is 0.785. The SMILES string of the molecule is CCc1c(Cl)cc(Cl)cc1C(CC(C)CC)c1cccc(CC(=O)CNCCOCCOCCNC(=O)NCCCCNC(=O)NCCOCCOCCNS(=O)c2cccc([C@@H]3CN(C)Cc4c(Cl)cc(Cl)cc43)c2)c1. The number of amides is 4. The van der Waals surface area contributed by atoms with E-state index in [4.69, 9.17) is 65.4 Å². The third-order valence-electron chi connectivity index (χ3n) is 13.2. The first-order valence-corrected chi connectivity index (χ1v) is 29.5. The monoisotopic (exact) mass is 1160 g/mol. The topological polar surface area (TPSA) is 181 Å². The second kappa shape index (κ2) is 35.7. The number of rotatable bonds is 36. The molecule has 4 amide bonds. The van der Waals surface area contributed by atoms with Crippen LogP contribution in [0.15, 0.2) is 77.7 Å². The van der Waals surface area contributed by atoms with Gasteiger partial charge < -0.3 is 50.4 Å². The van der Waals surface area contributed by atoms with Crippen molar-refractivity contribution in [1.29, 1.82) is 0 Å². The summed E-state index contributed by atoms with van der Waals surface area (Å²) in [6, 6.07) is 23.2. The van der Waals surface area contributed by atoms with E-state index in [1.54, 1.807) is 6.07 Å². The highest BCUT2D eigenvalue weighted by Gasteiger charge is 2.28. The van der Waals surface area contributed by atoms with E-state index in [-0.39, 0.29) is 36.2 Å². The van der Waals surface area contributed by atoms with E-state index < -0.39 is 11.0 Å². The molecular weight excluding hydrogens is 1080 g/mol. The van der Waals surface area contributed by atoms with Crippen LogP contribution in [0.5, 0.6) is 0 Å². The Morgan fingerprint density at radius 2 is 1.30 bits per heavy atom. The standard InChI is InChI=1S/C57H79Cl4N7O8S/c1-5-40(3)29-49(50-33-44(58)35-54(60)48(50)6-2)42-12-9-11-41(30-42)31-46(69)37-62-17-21-73-25-26-74-22-18-65-56(70)63-15-7-8-16-64-57(71)66-19-23-75-27-28-76-24-20-67-77(72)47-14-10-13-43(32-47)52-38-68(4)39-53-51(52)34-45(59)36-55(53)61/h9-14,30,32-36,40,49,52,62,67H,5-8,15-29,31,37-39H2,1-4H3,(H2,63,65,70)(H2,64,66,71)/t40?,49?,52-,77?/m0/s1. The zero-order valence-electron chi connectivity index (χ0n) is 45.1. The summed E-state index contributed by atoms with van der Waals surface area (Å²) in [5, 5.41) is 16.9. The van der Waals surface area contributed by atoms with E-state index >= 15 is 0 Å². The van der Waals surface area contributed by atoms with Crippen LogP contribution in [0.1, 0.15) is 97.2 Å². The van der Waals surface area contributed by atoms with Gasteiger partial charge in [-0.25, -0.2) is 18.5 Å². The number of nitrogens with zero attached hydrogens (tertiary/aromatic N) is 1. The Kier molecular flexibility index (Phi) is 29.6. The van der Waals surface area contributed by atoms with Crippen LogP contribution < -0.4 is 31.3 Å².